The summed E-state index contributed by atoms with van der Waals surface area (Å²) in [4.78, 5) is 29.3. The Labute approximate surface area is 179 Å². The predicted octanol–water partition coefficient (Wildman–Crippen LogP) is 3.46. The normalized spacial score (nSPS) is 17.1. The summed E-state index contributed by atoms with van der Waals surface area (Å²) in [6.07, 6.45) is 0.759. The van der Waals surface area contributed by atoms with Crippen LogP contribution in [0, 0.1) is 27.7 Å². The van der Waals surface area contributed by atoms with Crippen LogP contribution >= 0.6 is 0 Å². The molecule has 160 valence electrons. The molecule has 1 heterocycles. The summed E-state index contributed by atoms with van der Waals surface area (Å²) < 4.78 is 4.84. The molecule has 0 aromatic heterocycles. The van der Waals surface area contributed by atoms with Crippen LogP contribution in [0.3, 0.4) is 0 Å². The number of amides is 1. The van der Waals surface area contributed by atoms with Crippen molar-refractivity contribution in [3.63, 3.8) is 0 Å². The number of esters is 1. The Morgan fingerprint density at radius 3 is 2.30 bits per heavy atom. The second-order valence-electron chi connectivity index (χ2n) is 8.46. The van der Waals surface area contributed by atoms with Gasteiger partial charge in [0.05, 0.1) is 13.7 Å². The minimum Gasteiger partial charge on any atom is -0.468 e. The highest BCUT2D eigenvalue weighted by Crippen LogP contribution is 2.21. The molecule has 30 heavy (non-hydrogen) atoms. The lowest BCUT2D eigenvalue weighted by molar-refractivity contribution is -0.142. The number of nitrogens with zero attached hydrogens (tertiary/aromatic N) is 2. The van der Waals surface area contributed by atoms with Crippen LogP contribution in [0.1, 0.15) is 38.2 Å². The zero-order chi connectivity index (χ0) is 21.8. The molecule has 1 saturated heterocycles. The van der Waals surface area contributed by atoms with Crippen LogP contribution in [0.15, 0.2) is 36.4 Å². The molecule has 0 unspecified atom stereocenters. The summed E-state index contributed by atoms with van der Waals surface area (Å²) in [5.41, 5.74) is 6.64. The van der Waals surface area contributed by atoms with Crippen molar-refractivity contribution in [1.29, 1.82) is 0 Å². The van der Waals surface area contributed by atoms with Gasteiger partial charge in [-0.3, -0.25) is 14.5 Å². The van der Waals surface area contributed by atoms with E-state index in [0.717, 1.165) is 23.1 Å². The largest absolute Gasteiger partial charge is 0.468 e. The highest BCUT2D eigenvalue weighted by atomic mass is 16.5. The van der Waals surface area contributed by atoms with Gasteiger partial charge in [-0.25, -0.2) is 0 Å². The molecule has 0 spiro atoms. The second-order valence-corrected chi connectivity index (χ2v) is 8.46. The van der Waals surface area contributed by atoms with E-state index in [1.807, 2.05) is 30.9 Å². The van der Waals surface area contributed by atoms with Gasteiger partial charge in [0.1, 0.15) is 0 Å². The fourth-order valence-electron chi connectivity index (χ4n) is 4.22. The lowest BCUT2D eigenvalue weighted by Crippen LogP contribution is -2.56. The van der Waals surface area contributed by atoms with Gasteiger partial charge in [-0.15, -0.1) is 0 Å². The molecule has 0 saturated carbocycles. The first-order valence-electron chi connectivity index (χ1n) is 10.5. The van der Waals surface area contributed by atoms with Crippen molar-refractivity contribution < 1.29 is 14.3 Å². The quantitative estimate of drug-likeness (QED) is 0.711. The first-order chi connectivity index (χ1) is 14.3. The van der Waals surface area contributed by atoms with Crippen molar-refractivity contribution >= 4 is 11.9 Å². The third-order valence-electron chi connectivity index (χ3n) is 5.92. The number of ether oxygens (including phenoxy) is 1. The maximum atomic E-state index is 13.4. The Balaban J connectivity index is 1.86. The minimum atomic E-state index is -0.242. The van der Waals surface area contributed by atoms with Gasteiger partial charge in [-0.1, -0.05) is 35.4 Å². The molecule has 2 aromatic carbocycles. The van der Waals surface area contributed by atoms with E-state index in [0.29, 0.717) is 19.6 Å². The fourth-order valence-corrected chi connectivity index (χ4v) is 4.22. The summed E-state index contributed by atoms with van der Waals surface area (Å²) in [6.45, 7) is 10.4. The summed E-state index contributed by atoms with van der Waals surface area (Å²) in [7, 11) is 1.41. The van der Waals surface area contributed by atoms with Crippen LogP contribution in [0.4, 0.5) is 0 Å². The van der Waals surface area contributed by atoms with Crippen molar-refractivity contribution in [2.75, 3.05) is 33.3 Å². The van der Waals surface area contributed by atoms with Crippen molar-refractivity contribution in [2.45, 2.75) is 40.2 Å². The zero-order valence-electron chi connectivity index (χ0n) is 18.7. The Bertz CT molecular complexity index is 918. The molecular weight excluding hydrogens is 376 g/mol. The number of methoxy groups -OCH3 is 1. The number of benzene rings is 2. The lowest BCUT2D eigenvalue weighted by Gasteiger charge is -2.41. The number of hydrogen-bond acceptors (Lipinski definition) is 4. The smallest absolute Gasteiger partial charge is 0.319 e. The maximum absolute atomic E-state index is 13.4. The SMILES string of the molecule is COC(=O)CN1CCN(C(=O)c2cc(C)cc(C)c2)[C@H](Cc2ccc(C)c(C)c2)C1. The van der Waals surface area contributed by atoms with E-state index in [1.165, 1.54) is 23.8 Å². The Morgan fingerprint density at radius 1 is 0.967 bits per heavy atom. The average Bonchev–Trinajstić information content (AvgIpc) is 2.69. The van der Waals surface area contributed by atoms with E-state index in [4.69, 9.17) is 4.74 Å². The molecule has 0 radical (unpaired) electrons. The van der Waals surface area contributed by atoms with Gasteiger partial charge in [-0.2, -0.15) is 0 Å². The van der Waals surface area contributed by atoms with E-state index < -0.39 is 0 Å². The van der Waals surface area contributed by atoms with E-state index in [9.17, 15) is 9.59 Å². The van der Waals surface area contributed by atoms with Crippen LogP contribution in [0.2, 0.25) is 0 Å². The topological polar surface area (TPSA) is 49.9 Å². The van der Waals surface area contributed by atoms with E-state index in [1.54, 1.807) is 0 Å². The molecule has 0 aliphatic carbocycles. The van der Waals surface area contributed by atoms with Crippen molar-refractivity contribution in [2.24, 2.45) is 0 Å². The molecule has 3 rings (SSSR count). The van der Waals surface area contributed by atoms with Gasteiger partial charge in [0.15, 0.2) is 0 Å². The molecule has 0 N–H and O–H groups in total. The summed E-state index contributed by atoms with van der Waals surface area (Å²) >= 11 is 0. The van der Waals surface area contributed by atoms with Gasteiger partial charge < -0.3 is 9.64 Å². The van der Waals surface area contributed by atoms with Crippen LogP contribution in [-0.4, -0.2) is 61.0 Å². The molecule has 1 atom stereocenters. The van der Waals surface area contributed by atoms with Gasteiger partial charge in [0.2, 0.25) is 0 Å². The van der Waals surface area contributed by atoms with Gasteiger partial charge >= 0.3 is 5.97 Å². The number of rotatable bonds is 5. The van der Waals surface area contributed by atoms with Crippen LogP contribution in [0.5, 0.6) is 0 Å². The Kier molecular flexibility index (Phi) is 6.93. The molecule has 1 aliphatic heterocycles. The zero-order valence-corrected chi connectivity index (χ0v) is 18.7. The highest BCUT2D eigenvalue weighted by Gasteiger charge is 2.32. The first kappa shape index (κ1) is 22.0. The van der Waals surface area contributed by atoms with Crippen molar-refractivity contribution in [3.8, 4) is 0 Å². The van der Waals surface area contributed by atoms with E-state index in [-0.39, 0.29) is 24.5 Å². The van der Waals surface area contributed by atoms with Crippen LogP contribution in [-0.2, 0) is 16.0 Å². The van der Waals surface area contributed by atoms with Gasteiger partial charge in [-0.05, 0) is 62.9 Å². The highest BCUT2D eigenvalue weighted by molar-refractivity contribution is 5.95. The van der Waals surface area contributed by atoms with Crippen LogP contribution in [0.25, 0.3) is 0 Å². The number of carbonyl (C=O) groups excluding carboxylic acids is 2. The Hall–Kier alpha value is -2.66. The standard InChI is InChI=1S/C25H32N2O3/c1-17-10-18(2)12-22(11-17)25(29)27-9-8-26(16-24(28)30-5)15-23(27)14-21-7-6-19(3)20(4)13-21/h6-7,10-13,23H,8-9,14-16H2,1-5H3/t23-/m1/s1. The van der Waals surface area contributed by atoms with Gasteiger partial charge in [0, 0.05) is 31.2 Å². The molecule has 5 heteroatoms. The molecule has 0 bridgehead atoms. The maximum Gasteiger partial charge on any atom is 0.319 e. The molecule has 2 aromatic rings. The Morgan fingerprint density at radius 2 is 1.67 bits per heavy atom. The lowest BCUT2D eigenvalue weighted by atomic mass is 9.97. The second kappa shape index (κ2) is 9.43. The minimum absolute atomic E-state index is 0.00108. The molecular formula is C25H32N2O3. The first-order valence-corrected chi connectivity index (χ1v) is 10.5. The number of hydrogen-bond donors (Lipinski definition) is 0. The summed E-state index contributed by atoms with van der Waals surface area (Å²) in [5.74, 6) is -0.178. The van der Waals surface area contributed by atoms with Crippen LogP contribution < -0.4 is 0 Å². The monoisotopic (exact) mass is 408 g/mol. The molecule has 5 nitrogen and oxygen atoms in total. The third kappa shape index (κ3) is 5.28. The average molecular weight is 409 g/mol. The molecule has 1 aliphatic rings. The molecule has 1 amide bonds. The van der Waals surface area contributed by atoms with E-state index in [2.05, 4.69) is 43.0 Å². The third-order valence-corrected chi connectivity index (χ3v) is 5.92. The predicted molar refractivity (Wildman–Crippen MR) is 119 cm³/mol. The number of aryl methyl sites for hydroxylation is 4. The summed E-state index contributed by atoms with van der Waals surface area (Å²) in [5, 5.41) is 0. The van der Waals surface area contributed by atoms with Crippen molar-refractivity contribution in [1.82, 2.24) is 9.80 Å². The summed E-state index contributed by atoms with van der Waals surface area (Å²) in [6, 6.07) is 12.5. The number of carbonyl (C=O) groups is 2. The van der Waals surface area contributed by atoms with Gasteiger partial charge in [0.25, 0.3) is 5.91 Å². The fraction of sp³-hybridized carbons (Fsp3) is 0.440. The van der Waals surface area contributed by atoms with E-state index >= 15 is 0 Å². The molecule has 1 fully saturated rings. The van der Waals surface area contributed by atoms with Crippen molar-refractivity contribution in [3.05, 3.63) is 69.8 Å². The number of piperazine rings is 1.